The average molecular weight is 559 g/mol. The average Bonchev–Trinajstić information content (AvgIpc) is 3.45. The summed E-state index contributed by atoms with van der Waals surface area (Å²) in [7, 11) is 1.80. The maximum absolute atomic E-state index is 5.72. The zero-order valence-electron chi connectivity index (χ0n) is 18.5. The molecule has 1 aromatic carbocycles. The van der Waals surface area contributed by atoms with Crippen molar-refractivity contribution in [2.45, 2.75) is 56.1 Å². The Labute approximate surface area is 207 Å². The Morgan fingerprint density at radius 1 is 1.13 bits per heavy atom. The highest BCUT2D eigenvalue weighted by Crippen LogP contribution is 2.33. The second kappa shape index (κ2) is 14.5. The van der Waals surface area contributed by atoms with Crippen molar-refractivity contribution in [2.24, 2.45) is 4.99 Å². The Hall–Kier alpha value is -1.49. The number of aromatic nitrogens is 3. The molecule has 0 atom stereocenters. The van der Waals surface area contributed by atoms with E-state index in [1.807, 2.05) is 30.3 Å². The molecule has 0 radical (unpaired) electrons. The molecule has 1 aliphatic carbocycles. The van der Waals surface area contributed by atoms with E-state index in [0.717, 1.165) is 55.0 Å². The van der Waals surface area contributed by atoms with Gasteiger partial charge in [0.2, 0.25) is 0 Å². The fourth-order valence-electron chi connectivity index (χ4n) is 3.81. The van der Waals surface area contributed by atoms with Crippen molar-refractivity contribution >= 4 is 41.7 Å². The van der Waals surface area contributed by atoms with E-state index in [2.05, 4.69) is 36.6 Å². The van der Waals surface area contributed by atoms with Crippen molar-refractivity contribution in [2.75, 3.05) is 33.0 Å². The lowest BCUT2D eigenvalue weighted by Gasteiger charge is -2.16. The van der Waals surface area contributed by atoms with Crippen LogP contribution in [0.4, 0.5) is 0 Å². The summed E-state index contributed by atoms with van der Waals surface area (Å²) in [5.41, 5.74) is 0. The number of nitrogens with zero attached hydrogens (tertiary/aromatic N) is 4. The molecule has 7 nitrogen and oxygen atoms in total. The first kappa shape index (κ1) is 25.8. The third kappa shape index (κ3) is 8.17. The van der Waals surface area contributed by atoms with Gasteiger partial charge in [-0.25, -0.2) is 0 Å². The maximum Gasteiger partial charge on any atom is 0.191 e. The number of hydrogen-bond donors (Lipinski definition) is 2. The summed E-state index contributed by atoms with van der Waals surface area (Å²) in [5.74, 6) is 2.86. The molecule has 3 rings (SSSR count). The van der Waals surface area contributed by atoms with Crippen LogP contribution in [-0.4, -0.2) is 53.7 Å². The number of hydrogen-bond acceptors (Lipinski definition) is 5. The molecule has 1 heterocycles. The van der Waals surface area contributed by atoms with Gasteiger partial charge >= 0.3 is 0 Å². The summed E-state index contributed by atoms with van der Waals surface area (Å²) in [6.45, 7) is 2.36. The molecule has 1 saturated carbocycles. The van der Waals surface area contributed by atoms with Crippen molar-refractivity contribution in [1.29, 1.82) is 0 Å². The predicted octanol–water partition coefficient (Wildman–Crippen LogP) is 4.30. The number of benzene rings is 1. The molecule has 0 amide bonds. The topological polar surface area (TPSA) is 76.4 Å². The summed E-state index contributed by atoms with van der Waals surface area (Å²) < 4.78 is 8.10. The van der Waals surface area contributed by atoms with Gasteiger partial charge in [0.15, 0.2) is 11.1 Å². The highest BCUT2D eigenvalue weighted by atomic mass is 127. The molecule has 9 heteroatoms. The Morgan fingerprint density at radius 3 is 2.52 bits per heavy atom. The number of guanidine groups is 1. The molecule has 0 saturated heterocycles. The second-order valence-electron chi connectivity index (χ2n) is 7.46. The van der Waals surface area contributed by atoms with Gasteiger partial charge in [-0.15, -0.1) is 34.2 Å². The van der Waals surface area contributed by atoms with Crippen LogP contribution >= 0.6 is 35.7 Å². The van der Waals surface area contributed by atoms with Crippen LogP contribution in [0, 0.1) is 0 Å². The van der Waals surface area contributed by atoms with E-state index in [-0.39, 0.29) is 24.0 Å². The van der Waals surface area contributed by atoms with Crippen molar-refractivity contribution < 1.29 is 4.74 Å². The Bertz CT molecular complexity index is 780. The van der Waals surface area contributed by atoms with E-state index < -0.39 is 0 Å². The van der Waals surface area contributed by atoms with Crippen molar-refractivity contribution in [3.8, 4) is 5.75 Å². The number of halogens is 1. The molecule has 0 aliphatic heterocycles. The minimum absolute atomic E-state index is 0. The van der Waals surface area contributed by atoms with E-state index in [9.17, 15) is 0 Å². The standard InChI is InChI=1S/C22H34N6OS.HI/c1-23-21(25-16-9-17-29-19-12-4-3-5-13-19)24-15-8-14-20-26-27-22(30-2)28(20)18-10-6-7-11-18;/h3-5,12-13,18H,6-11,14-17H2,1-2H3,(H2,23,24,25);1H. The minimum Gasteiger partial charge on any atom is -0.494 e. The van der Waals surface area contributed by atoms with Crippen LogP contribution in [0.25, 0.3) is 0 Å². The summed E-state index contributed by atoms with van der Waals surface area (Å²) in [5, 5.41) is 16.7. The van der Waals surface area contributed by atoms with E-state index >= 15 is 0 Å². The zero-order chi connectivity index (χ0) is 21.0. The lowest BCUT2D eigenvalue weighted by atomic mass is 10.2. The third-order valence-corrected chi connectivity index (χ3v) is 5.97. The van der Waals surface area contributed by atoms with Crippen LogP contribution < -0.4 is 15.4 Å². The third-order valence-electron chi connectivity index (χ3n) is 5.33. The molecule has 1 aromatic heterocycles. The maximum atomic E-state index is 5.72. The number of aryl methyl sites for hydroxylation is 1. The SMILES string of the molecule is CN=C(NCCCOc1ccccc1)NCCCc1nnc(SC)n1C1CCCC1.I. The van der Waals surface area contributed by atoms with E-state index in [0.29, 0.717) is 12.6 Å². The van der Waals surface area contributed by atoms with Gasteiger partial charge < -0.3 is 19.9 Å². The van der Waals surface area contributed by atoms with Gasteiger partial charge in [-0.2, -0.15) is 0 Å². The van der Waals surface area contributed by atoms with Crippen LogP contribution in [0.3, 0.4) is 0 Å². The molecule has 2 N–H and O–H groups in total. The molecule has 31 heavy (non-hydrogen) atoms. The van der Waals surface area contributed by atoms with E-state index in [4.69, 9.17) is 4.74 Å². The lowest BCUT2D eigenvalue weighted by molar-refractivity contribution is 0.311. The Balaban J connectivity index is 0.00000341. The first-order chi connectivity index (χ1) is 14.8. The van der Waals surface area contributed by atoms with Gasteiger partial charge in [0.1, 0.15) is 11.6 Å². The number of aliphatic imine (C=N–C) groups is 1. The van der Waals surface area contributed by atoms with Crippen molar-refractivity contribution in [3.63, 3.8) is 0 Å². The van der Waals surface area contributed by atoms with Gasteiger partial charge in [-0.05, 0) is 44.1 Å². The Morgan fingerprint density at radius 2 is 1.84 bits per heavy atom. The molecule has 1 fully saturated rings. The largest absolute Gasteiger partial charge is 0.494 e. The smallest absolute Gasteiger partial charge is 0.191 e. The Kier molecular flexibility index (Phi) is 12.1. The summed E-state index contributed by atoms with van der Waals surface area (Å²) in [4.78, 5) is 4.30. The summed E-state index contributed by atoms with van der Waals surface area (Å²) in [6.07, 6.45) is 10.1. The number of thioether (sulfide) groups is 1. The first-order valence-corrected chi connectivity index (χ1v) is 12.1. The van der Waals surface area contributed by atoms with Gasteiger partial charge in [0.05, 0.1) is 6.61 Å². The minimum atomic E-state index is 0. The molecule has 172 valence electrons. The fraction of sp³-hybridized carbons (Fsp3) is 0.591. The predicted molar refractivity (Wildman–Crippen MR) is 139 cm³/mol. The highest BCUT2D eigenvalue weighted by molar-refractivity contribution is 14.0. The molecule has 1 aliphatic rings. The van der Waals surface area contributed by atoms with Crippen molar-refractivity contribution in [3.05, 3.63) is 36.2 Å². The summed E-state index contributed by atoms with van der Waals surface area (Å²) in [6, 6.07) is 10.5. The number of para-hydroxylation sites is 1. The van der Waals surface area contributed by atoms with Crippen molar-refractivity contribution in [1.82, 2.24) is 25.4 Å². The number of nitrogens with one attached hydrogen (secondary N) is 2. The molecule has 0 spiro atoms. The van der Waals surface area contributed by atoms with Crippen LogP contribution in [0.5, 0.6) is 5.75 Å². The van der Waals surface area contributed by atoms with Gasteiger partial charge in [0.25, 0.3) is 0 Å². The van der Waals surface area contributed by atoms with E-state index in [1.54, 1.807) is 18.8 Å². The van der Waals surface area contributed by atoms with Gasteiger partial charge in [-0.3, -0.25) is 4.99 Å². The molecule has 2 aromatic rings. The molecular weight excluding hydrogens is 523 g/mol. The van der Waals surface area contributed by atoms with Crippen LogP contribution in [0.1, 0.15) is 50.4 Å². The quantitative estimate of drug-likeness (QED) is 0.141. The molecular formula is C22H35IN6OS. The number of rotatable bonds is 11. The fourth-order valence-corrected chi connectivity index (χ4v) is 4.38. The summed E-state index contributed by atoms with van der Waals surface area (Å²) >= 11 is 1.70. The lowest BCUT2D eigenvalue weighted by Crippen LogP contribution is -2.38. The zero-order valence-corrected chi connectivity index (χ0v) is 21.7. The molecule has 0 bridgehead atoms. The van der Waals surface area contributed by atoms with Gasteiger partial charge in [-0.1, -0.05) is 42.8 Å². The second-order valence-corrected chi connectivity index (χ2v) is 8.23. The van der Waals surface area contributed by atoms with Crippen LogP contribution in [0.2, 0.25) is 0 Å². The highest BCUT2D eigenvalue weighted by Gasteiger charge is 2.23. The monoisotopic (exact) mass is 558 g/mol. The first-order valence-electron chi connectivity index (χ1n) is 10.9. The van der Waals surface area contributed by atoms with Gasteiger partial charge in [0, 0.05) is 32.6 Å². The van der Waals surface area contributed by atoms with Crippen LogP contribution in [0.15, 0.2) is 40.5 Å². The van der Waals surface area contributed by atoms with Crippen LogP contribution in [-0.2, 0) is 6.42 Å². The normalized spacial score (nSPS) is 14.3. The number of ether oxygens (including phenoxy) is 1. The van der Waals surface area contributed by atoms with E-state index in [1.165, 1.54) is 25.7 Å². The molecule has 0 unspecified atom stereocenters.